The number of ether oxygens (including phenoxy) is 1. The van der Waals surface area contributed by atoms with Crippen LogP contribution in [0.2, 0.25) is 0 Å². The topological polar surface area (TPSA) is 44.9 Å². The maximum atomic E-state index is 6.84. The number of benzene rings is 3. The second-order valence-electron chi connectivity index (χ2n) is 19.1. The third kappa shape index (κ3) is 6.91. The minimum absolute atomic E-state index is 0.00633. The van der Waals surface area contributed by atoms with Crippen LogP contribution in [0.5, 0.6) is 11.5 Å². The van der Waals surface area contributed by atoms with Crippen LogP contribution < -0.4 is 4.74 Å². The van der Waals surface area contributed by atoms with Crippen molar-refractivity contribution in [3.63, 3.8) is 0 Å². The Morgan fingerprint density at radius 1 is 0.759 bits per heavy atom. The van der Waals surface area contributed by atoms with Gasteiger partial charge in [0.2, 0.25) is 0 Å². The fourth-order valence-corrected chi connectivity index (χ4v) is 8.87. The molecule has 1 aliphatic carbocycles. The largest absolute Gasteiger partial charge is 0.457 e. The first-order chi connectivity index (χ1) is 25.3. The predicted octanol–water partition coefficient (Wildman–Crippen LogP) is 13.7. The molecular formula is C49H60N4O. The van der Waals surface area contributed by atoms with E-state index in [1.165, 1.54) is 39.6 Å². The van der Waals surface area contributed by atoms with Crippen molar-refractivity contribution in [2.75, 3.05) is 0 Å². The second-order valence-corrected chi connectivity index (χ2v) is 19.1. The number of para-hydroxylation sites is 1. The van der Waals surface area contributed by atoms with Crippen LogP contribution in [0.15, 0.2) is 90.6 Å². The Bertz CT molecular complexity index is 2380. The zero-order valence-electron chi connectivity index (χ0n) is 34.9. The molecule has 1 aliphatic rings. The number of nitrogens with zero attached hydrogens (tertiary/aromatic N) is 4. The molecule has 7 rings (SSSR count). The number of aromatic nitrogens is 4. The maximum absolute atomic E-state index is 6.84. The van der Waals surface area contributed by atoms with Crippen molar-refractivity contribution in [1.29, 1.82) is 0 Å². The van der Waals surface area contributed by atoms with Crippen molar-refractivity contribution in [2.24, 2.45) is 16.7 Å². The van der Waals surface area contributed by atoms with Gasteiger partial charge in [0, 0.05) is 46.3 Å². The molecule has 6 aromatic rings. The van der Waals surface area contributed by atoms with E-state index in [4.69, 9.17) is 14.8 Å². The van der Waals surface area contributed by atoms with Gasteiger partial charge in [0.15, 0.2) is 0 Å². The Kier molecular flexibility index (Phi) is 9.48. The average Bonchev–Trinajstić information content (AvgIpc) is 3.59. The maximum Gasteiger partial charge on any atom is 0.137 e. The fourth-order valence-electron chi connectivity index (χ4n) is 8.87. The molecule has 0 radical (unpaired) electrons. The highest BCUT2D eigenvalue weighted by Gasteiger charge is 2.42. The first-order valence-corrected chi connectivity index (χ1v) is 19.9. The van der Waals surface area contributed by atoms with Crippen molar-refractivity contribution in [1.82, 2.24) is 19.3 Å². The highest BCUT2D eigenvalue weighted by molar-refractivity contribution is 6.09. The monoisotopic (exact) mass is 720 g/mol. The Labute approximate surface area is 323 Å². The molecule has 0 saturated carbocycles. The summed E-state index contributed by atoms with van der Waals surface area (Å²) in [6.45, 7) is 30.1. The molecule has 0 spiro atoms. The highest BCUT2D eigenvalue weighted by atomic mass is 16.5. The van der Waals surface area contributed by atoms with Gasteiger partial charge in [-0.25, -0.2) is 9.67 Å². The van der Waals surface area contributed by atoms with Crippen molar-refractivity contribution in [3.05, 3.63) is 119 Å². The summed E-state index contributed by atoms with van der Waals surface area (Å²) in [6, 6.07) is 26.0. The Balaban J connectivity index is 1.33. The van der Waals surface area contributed by atoms with E-state index in [9.17, 15) is 0 Å². The third-order valence-electron chi connectivity index (χ3n) is 11.8. The van der Waals surface area contributed by atoms with Crippen LogP contribution in [0.4, 0.5) is 0 Å². The minimum atomic E-state index is 0.00633. The van der Waals surface area contributed by atoms with E-state index in [1.807, 2.05) is 6.20 Å². The number of aryl methyl sites for hydroxylation is 1. The van der Waals surface area contributed by atoms with Crippen LogP contribution in [0.1, 0.15) is 129 Å². The number of hydrogen-bond acceptors (Lipinski definition) is 3. The molecule has 5 heteroatoms. The molecule has 3 aromatic carbocycles. The minimum Gasteiger partial charge on any atom is -0.457 e. The van der Waals surface area contributed by atoms with Gasteiger partial charge in [-0.1, -0.05) is 106 Å². The summed E-state index contributed by atoms with van der Waals surface area (Å²) >= 11 is 0. The third-order valence-corrected chi connectivity index (χ3v) is 11.8. The lowest BCUT2D eigenvalue weighted by atomic mass is 9.59. The number of allylic oxidation sites excluding steroid dienone is 2. The van der Waals surface area contributed by atoms with Crippen LogP contribution in [0.25, 0.3) is 33.3 Å². The number of hydrogen-bond donors (Lipinski definition) is 0. The first-order valence-electron chi connectivity index (χ1n) is 19.9. The SMILES string of the molecule is Cc1nn(-c2cc(Oc3ccc4c5ccccc5n(-c5cc(C(C)(C)C)ccn5)c4c3)cc(C(C)C)c2)c(C)c1C1C(C(C)(C)C)=CCC[C@@H]1C(C)(C)C. The van der Waals surface area contributed by atoms with Gasteiger partial charge >= 0.3 is 0 Å². The highest BCUT2D eigenvalue weighted by Crippen LogP contribution is 2.53. The predicted molar refractivity (Wildman–Crippen MR) is 227 cm³/mol. The fraction of sp³-hybridized carbons (Fsp3) is 0.429. The van der Waals surface area contributed by atoms with Crippen LogP contribution >= 0.6 is 0 Å². The molecular weight excluding hydrogens is 661 g/mol. The second kappa shape index (κ2) is 13.6. The van der Waals surface area contributed by atoms with E-state index < -0.39 is 0 Å². The van der Waals surface area contributed by atoms with Gasteiger partial charge in [-0.05, 0) is 108 Å². The Hall–Kier alpha value is -4.64. The van der Waals surface area contributed by atoms with Crippen molar-refractivity contribution in [2.45, 2.75) is 120 Å². The number of pyridine rings is 1. The average molecular weight is 721 g/mol. The van der Waals surface area contributed by atoms with Gasteiger partial charge in [0.25, 0.3) is 0 Å². The van der Waals surface area contributed by atoms with E-state index in [0.717, 1.165) is 46.2 Å². The molecule has 54 heavy (non-hydrogen) atoms. The summed E-state index contributed by atoms with van der Waals surface area (Å²) in [5.74, 6) is 3.67. The smallest absolute Gasteiger partial charge is 0.137 e. The van der Waals surface area contributed by atoms with Crippen molar-refractivity contribution in [3.8, 4) is 23.0 Å². The molecule has 1 unspecified atom stereocenters. The van der Waals surface area contributed by atoms with Gasteiger partial charge in [-0.15, -0.1) is 0 Å². The van der Waals surface area contributed by atoms with E-state index in [0.29, 0.717) is 17.8 Å². The lowest BCUT2D eigenvalue weighted by Gasteiger charge is -2.45. The summed E-state index contributed by atoms with van der Waals surface area (Å²) in [4.78, 5) is 4.88. The van der Waals surface area contributed by atoms with Gasteiger partial charge in [0.05, 0.1) is 22.4 Å². The summed E-state index contributed by atoms with van der Waals surface area (Å²) in [5, 5.41) is 7.67. The molecule has 0 N–H and O–H groups in total. The molecule has 0 saturated heterocycles. The lowest BCUT2D eigenvalue weighted by molar-refractivity contribution is 0.180. The van der Waals surface area contributed by atoms with Gasteiger partial charge in [-0.3, -0.25) is 4.57 Å². The van der Waals surface area contributed by atoms with Crippen LogP contribution in [0, 0.1) is 30.6 Å². The zero-order chi connectivity index (χ0) is 38.9. The summed E-state index contributed by atoms with van der Waals surface area (Å²) in [7, 11) is 0. The summed E-state index contributed by atoms with van der Waals surface area (Å²) < 4.78 is 11.3. The quantitative estimate of drug-likeness (QED) is 0.161. The van der Waals surface area contributed by atoms with E-state index >= 15 is 0 Å². The van der Waals surface area contributed by atoms with Crippen LogP contribution in [0.3, 0.4) is 0 Å². The molecule has 3 aromatic heterocycles. The van der Waals surface area contributed by atoms with E-state index in [1.54, 1.807) is 5.57 Å². The molecule has 3 heterocycles. The summed E-state index contributed by atoms with van der Waals surface area (Å²) in [6.07, 6.45) is 6.79. The number of rotatable bonds is 6. The molecule has 5 nitrogen and oxygen atoms in total. The lowest BCUT2D eigenvalue weighted by Crippen LogP contribution is -2.34. The summed E-state index contributed by atoms with van der Waals surface area (Å²) in [5.41, 5.74) is 11.2. The van der Waals surface area contributed by atoms with Crippen LogP contribution in [-0.4, -0.2) is 19.3 Å². The first kappa shape index (κ1) is 37.7. The van der Waals surface area contributed by atoms with E-state index in [2.05, 4.69) is 178 Å². The van der Waals surface area contributed by atoms with Crippen LogP contribution in [-0.2, 0) is 5.41 Å². The standard InChI is InChI=1S/C49H60N4O/c1-30(2)33-25-35(53-32(4)45(31(3)51-53)46-40(48(8,9)10)18-16-19-41(46)49(11,12)13)28-37(26-33)54-36-21-22-39-38-17-14-15-20-42(38)52(43(39)29-36)44-27-34(23-24-50-44)47(5,6)7/h14-15,17-18,20-30,41,46H,16,19H2,1-13H3/t41-,46?/m0/s1. The molecule has 0 amide bonds. The van der Waals surface area contributed by atoms with E-state index in [-0.39, 0.29) is 16.2 Å². The molecule has 0 fully saturated rings. The molecule has 282 valence electrons. The van der Waals surface area contributed by atoms with Crippen molar-refractivity contribution >= 4 is 21.8 Å². The van der Waals surface area contributed by atoms with Gasteiger partial charge in [-0.2, -0.15) is 5.10 Å². The molecule has 0 aliphatic heterocycles. The molecule has 2 atom stereocenters. The number of fused-ring (bicyclic) bond motifs is 3. The normalized spacial score (nSPS) is 17.1. The zero-order valence-corrected chi connectivity index (χ0v) is 34.9. The van der Waals surface area contributed by atoms with Gasteiger partial charge in [0.1, 0.15) is 17.3 Å². The van der Waals surface area contributed by atoms with Gasteiger partial charge < -0.3 is 4.74 Å². The molecule has 0 bridgehead atoms. The Morgan fingerprint density at radius 2 is 1.48 bits per heavy atom. The van der Waals surface area contributed by atoms with Crippen molar-refractivity contribution < 1.29 is 4.74 Å². The Morgan fingerprint density at radius 3 is 2.17 bits per heavy atom.